The minimum Gasteiger partial charge on any atom is -0.460 e. The first-order chi connectivity index (χ1) is 15.2. The Labute approximate surface area is 184 Å². The first-order valence-corrected chi connectivity index (χ1v) is 11.2. The molecular formula is C25H32N2O4. The van der Waals surface area contributed by atoms with Crippen molar-refractivity contribution in [1.82, 2.24) is 5.32 Å². The van der Waals surface area contributed by atoms with Crippen molar-refractivity contribution in [2.45, 2.75) is 57.3 Å². The number of fused-ring (bicyclic) bond motifs is 1. The first kappa shape index (κ1) is 21.8. The highest BCUT2D eigenvalue weighted by Gasteiger charge is 2.50. The lowest BCUT2D eigenvalue weighted by Gasteiger charge is -2.40. The number of ether oxygens (including phenoxy) is 3. The zero-order valence-electron chi connectivity index (χ0n) is 18.0. The van der Waals surface area contributed by atoms with Crippen LogP contribution in [0.3, 0.4) is 0 Å². The summed E-state index contributed by atoms with van der Waals surface area (Å²) in [5, 5.41) is 14.5. The molecule has 0 radical (unpaired) electrons. The lowest BCUT2D eigenvalue weighted by atomic mass is 9.80. The zero-order chi connectivity index (χ0) is 21.5. The summed E-state index contributed by atoms with van der Waals surface area (Å²) >= 11 is 0. The molecule has 2 aliphatic rings. The molecule has 2 aromatic rings. The molecule has 0 aromatic heterocycles. The highest BCUT2D eigenvalue weighted by atomic mass is 16.5. The molecule has 1 saturated heterocycles. The largest absolute Gasteiger partial charge is 0.460 e. The van der Waals surface area contributed by atoms with Gasteiger partial charge in [-0.2, -0.15) is 0 Å². The molecule has 4 rings (SSSR count). The van der Waals surface area contributed by atoms with Crippen LogP contribution in [0.2, 0.25) is 0 Å². The Bertz CT molecular complexity index is 830. The van der Waals surface area contributed by atoms with Crippen LogP contribution in [0.4, 0.5) is 0 Å². The van der Waals surface area contributed by atoms with Crippen LogP contribution in [0.15, 0.2) is 65.7 Å². The van der Waals surface area contributed by atoms with Gasteiger partial charge in [0.2, 0.25) is 0 Å². The number of amidine groups is 1. The van der Waals surface area contributed by atoms with Gasteiger partial charge < -0.3 is 24.6 Å². The molecule has 2 aromatic carbocycles. The molecule has 1 saturated carbocycles. The predicted octanol–water partition coefficient (Wildman–Crippen LogP) is 3.29. The van der Waals surface area contributed by atoms with E-state index in [9.17, 15) is 5.11 Å². The molecule has 166 valence electrons. The molecule has 31 heavy (non-hydrogen) atoms. The monoisotopic (exact) mass is 424 g/mol. The molecule has 6 heteroatoms. The fourth-order valence-corrected chi connectivity index (χ4v) is 4.23. The normalized spacial score (nSPS) is 28.7. The van der Waals surface area contributed by atoms with Gasteiger partial charge in [-0.3, -0.25) is 0 Å². The Kier molecular flexibility index (Phi) is 7.57. The number of hydrogen-bond donors (Lipinski definition) is 2. The van der Waals surface area contributed by atoms with E-state index in [1.807, 2.05) is 60.7 Å². The highest BCUT2D eigenvalue weighted by molar-refractivity contribution is 5.76. The van der Waals surface area contributed by atoms with Crippen molar-refractivity contribution < 1.29 is 19.3 Å². The molecule has 2 N–H and O–H groups in total. The summed E-state index contributed by atoms with van der Waals surface area (Å²) in [6.07, 6.45) is 0.506. The molecule has 2 fully saturated rings. The number of rotatable bonds is 9. The highest BCUT2D eigenvalue weighted by Crippen LogP contribution is 2.33. The smallest absolute Gasteiger partial charge is 0.285 e. The third-order valence-corrected chi connectivity index (χ3v) is 5.87. The van der Waals surface area contributed by atoms with Gasteiger partial charge in [0.1, 0.15) is 12.2 Å². The molecular weight excluding hydrogens is 392 g/mol. The maximum atomic E-state index is 11.2. The summed E-state index contributed by atoms with van der Waals surface area (Å²) in [5.74, 6) is -0.0712. The third-order valence-electron chi connectivity index (χ3n) is 5.87. The SMILES string of the molecule is CCCN=C1N[C@@H]2[C@@H](OCc3ccccc3)[C@H](O)[C@@H](COCc3ccccc3)C[C@@H]2O1. The van der Waals surface area contributed by atoms with Crippen molar-refractivity contribution in [2.75, 3.05) is 13.2 Å². The molecule has 0 unspecified atom stereocenters. The van der Waals surface area contributed by atoms with Crippen molar-refractivity contribution in [3.63, 3.8) is 0 Å². The quantitative estimate of drug-likeness (QED) is 0.646. The average molecular weight is 425 g/mol. The van der Waals surface area contributed by atoms with Crippen LogP contribution < -0.4 is 5.32 Å². The van der Waals surface area contributed by atoms with Gasteiger partial charge in [0, 0.05) is 12.5 Å². The topological polar surface area (TPSA) is 72.3 Å². The maximum absolute atomic E-state index is 11.2. The van der Waals surface area contributed by atoms with E-state index in [4.69, 9.17) is 14.2 Å². The van der Waals surface area contributed by atoms with E-state index in [1.165, 1.54) is 0 Å². The van der Waals surface area contributed by atoms with Crippen molar-refractivity contribution in [1.29, 1.82) is 0 Å². The number of aliphatic hydroxyl groups excluding tert-OH is 1. The van der Waals surface area contributed by atoms with Crippen LogP contribution in [0.25, 0.3) is 0 Å². The molecule has 1 aliphatic heterocycles. The van der Waals surface area contributed by atoms with Gasteiger partial charge in [-0.25, -0.2) is 4.99 Å². The first-order valence-electron chi connectivity index (χ1n) is 11.2. The Morgan fingerprint density at radius 2 is 1.71 bits per heavy atom. The van der Waals surface area contributed by atoms with Crippen LogP contribution >= 0.6 is 0 Å². The predicted molar refractivity (Wildman–Crippen MR) is 120 cm³/mol. The summed E-state index contributed by atoms with van der Waals surface area (Å²) < 4.78 is 18.3. The second-order valence-electron chi connectivity index (χ2n) is 8.26. The van der Waals surface area contributed by atoms with E-state index >= 15 is 0 Å². The standard InChI is InChI=1S/C25H32N2O4/c1-2-13-26-25-27-22-21(31-25)14-20(17-29-15-18-9-5-3-6-10-18)23(28)24(22)30-16-19-11-7-4-8-12-19/h3-12,20-24,28H,2,13-17H2,1H3,(H,26,27)/t20-,21+,22+,23-,24-/m1/s1. The Morgan fingerprint density at radius 1 is 1.03 bits per heavy atom. The van der Waals surface area contributed by atoms with Crippen molar-refractivity contribution >= 4 is 6.02 Å². The van der Waals surface area contributed by atoms with Crippen molar-refractivity contribution in [3.8, 4) is 0 Å². The van der Waals surface area contributed by atoms with Crippen LogP contribution in [0.1, 0.15) is 30.9 Å². The Balaban J connectivity index is 1.42. The second kappa shape index (κ2) is 10.8. The van der Waals surface area contributed by atoms with E-state index in [0.717, 1.165) is 17.5 Å². The van der Waals surface area contributed by atoms with Gasteiger partial charge >= 0.3 is 0 Å². The number of aliphatic imine (C=N–C) groups is 1. The number of aliphatic hydroxyl groups is 1. The fraction of sp³-hybridized carbons (Fsp3) is 0.480. The molecule has 6 nitrogen and oxygen atoms in total. The van der Waals surface area contributed by atoms with Crippen LogP contribution in [0, 0.1) is 5.92 Å². The van der Waals surface area contributed by atoms with Crippen LogP contribution in [-0.4, -0.2) is 48.6 Å². The van der Waals surface area contributed by atoms with Crippen molar-refractivity contribution in [2.24, 2.45) is 10.9 Å². The van der Waals surface area contributed by atoms with Gasteiger partial charge in [-0.05, 0) is 24.0 Å². The summed E-state index contributed by atoms with van der Waals surface area (Å²) in [4.78, 5) is 4.49. The number of benzene rings is 2. The van der Waals surface area contributed by atoms with E-state index in [0.29, 0.717) is 38.8 Å². The van der Waals surface area contributed by atoms with Gasteiger partial charge in [0.15, 0.2) is 0 Å². The molecule has 0 spiro atoms. The van der Waals surface area contributed by atoms with Gasteiger partial charge in [0.25, 0.3) is 6.02 Å². The summed E-state index contributed by atoms with van der Waals surface area (Å²) in [6.45, 7) is 4.21. The van der Waals surface area contributed by atoms with Crippen molar-refractivity contribution in [3.05, 3.63) is 71.8 Å². The number of nitrogens with one attached hydrogen (secondary N) is 1. The third kappa shape index (κ3) is 5.64. The molecule has 1 heterocycles. The average Bonchev–Trinajstić information content (AvgIpc) is 3.21. The summed E-state index contributed by atoms with van der Waals surface area (Å²) in [5.41, 5.74) is 2.20. The number of nitrogens with zero attached hydrogens (tertiary/aromatic N) is 1. The van der Waals surface area contributed by atoms with Gasteiger partial charge in [-0.1, -0.05) is 67.6 Å². The molecule has 5 atom stereocenters. The maximum Gasteiger partial charge on any atom is 0.285 e. The lowest BCUT2D eigenvalue weighted by Crippen LogP contribution is -2.57. The molecule has 1 aliphatic carbocycles. The van der Waals surface area contributed by atoms with E-state index in [1.54, 1.807) is 0 Å². The summed E-state index contributed by atoms with van der Waals surface area (Å²) in [7, 11) is 0. The van der Waals surface area contributed by atoms with Gasteiger partial charge in [-0.15, -0.1) is 0 Å². The van der Waals surface area contributed by atoms with Crippen LogP contribution in [-0.2, 0) is 27.4 Å². The van der Waals surface area contributed by atoms with Gasteiger partial charge in [0.05, 0.1) is 32.0 Å². The minimum atomic E-state index is -0.651. The molecule has 0 bridgehead atoms. The minimum absolute atomic E-state index is 0.0712. The van der Waals surface area contributed by atoms with E-state index in [-0.39, 0.29) is 18.1 Å². The molecule has 0 amide bonds. The van der Waals surface area contributed by atoms with E-state index < -0.39 is 12.2 Å². The second-order valence-corrected chi connectivity index (χ2v) is 8.26. The Hall–Kier alpha value is -2.41. The zero-order valence-corrected chi connectivity index (χ0v) is 18.0. The fourth-order valence-electron chi connectivity index (χ4n) is 4.23. The lowest BCUT2D eigenvalue weighted by molar-refractivity contribution is -0.135. The summed E-state index contributed by atoms with van der Waals surface area (Å²) in [6, 6.07) is 20.5. The van der Waals surface area contributed by atoms with E-state index in [2.05, 4.69) is 17.2 Å². The number of hydrogen-bond acceptors (Lipinski definition) is 5. The van der Waals surface area contributed by atoms with Crippen LogP contribution in [0.5, 0.6) is 0 Å². The Morgan fingerprint density at radius 3 is 2.39 bits per heavy atom.